The summed E-state index contributed by atoms with van der Waals surface area (Å²) < 4.78 is 50.2. The van der Waals surface area contributed by atoms with Gasteiger partial charge in [-0.25, -0.2) is 9.78 Å². The zero-order valence-electron chi connectivity index (χ0n) is 16.3. The highest BCUT2D eigenvalue weighted by atomic mass is 35.5. The molecule has 0 fully saturated rings. The highest BCUT2D eigenvalue weighted by Gasteiger charge is 2.32. The molecule has 4 aromatic rings. The van der Waals surface area contributed by atoms with Gasteiger partial charge in [-0.1, -0.05) is 23.7 Å². The van der Waals surface area contributed by atoms with E-state index in [0.29, 0.717) is 15.1 Å². The third kappa shape index (κ3) is 4.21. The molecule has 3 heterocycles. The average Bonchev–Trinajstić information content (AvgIpc) is 3.14. The van der Waals surface area contributed by atoms with E-state index >= 15 is 0 Å². The number of aromatic hydroxyl groups is 1. The van der Waals surface area contributed by atoms with Crippen molar-refractivity contribution in [2.45, 2.75) is 12.9 Å². The summed E-state index contributed by atoms with van der Waals surface area (Å²) in [5, 5.41) is 11.1. The van der Waals surface area contributed by atoms with Crippen molar-refractivity contribution in [3.63, 3.8) is 0 Å². The molecule has 0 unspecified atom stereocenters. The predicted octanol–water partition coefficient (Wildman–Crippen LogP) is 4.03. The van der Waals surface area contributed by atoms with Gasteiger partial charge in [0.05, 0.1) is 12.0 Å². The smallest absolute Gasteiger partial charge is 0.489 e. The molecule has 4 rings (SSSR count). The second-order valence-corrected chi connectivity index (χ2v) is 8.21. The van der Waals surface area contributed by atoms with E-state index in [2.05, 4.69) is 9.72 Å². The molecule has 0 atom stereocenters. The van der Waals surface area contributed by atoms with Crippen molar-refractivity contribution in [2.24, 2.45) is 0 Å². The van der Waals surface area contributed by atoms with Crippen LogP contribution in [0.5, 0.6) is 17.4 Å². The van der Waals surface area contributed by atoms with E-state index in [4.69, 9.17) is 16.3 Å². The lowest BCUT2D eigenvalue weighted by Crippen LogP contribution is -2.41. The molecule has 0 saturated carbocycles. The zero-order chi connectivity index (χ0) is 23.0. The third-order valence-corrected chi connectivity index (χ3v) is 5.61. The number of aromatic nitrogens is 3. The second-order valence-electron chi connectivity index (χ2n) is 6.52. The maximum atomic E-state index is 13.3. The first-order valence-electron chi connectivity index (χ1n) is 8.98. The number of hydrogen-bond acceptors (Lipinski definition) is 6. The van der Waals surface area contributed by atoms with Crippen molar-refractivity contribution in [2.75, 3.05) is 7.11 Å². The Balaban J connectivity index is 1.99. The second kappa shape index (κ2) is 8.32. The first-order chi connectivity index (χ1) is 15.2. The van der Waals surface area contributed by atoms with Crippen LogP contribution in [0.4, 0.5) is 13.2 Å². The first-order valence-corrected chi connectivity index (χ1v) is 10.2. The summed E-state index contributed by atoms with van der Waals surface area (Å²) in [6.07, 6.45) is -1.92. The number of halogens is 4. The summed E-state index contributed by atoms with van der Waals surface area (Å²) in [5.74, 6) is -0.685. The lowest BCUT2D eigenvalue weighted by molar-refractivity contribution is -0.671. The molecule has 0 spiro atoms. The van der Waals surface area contributed by atoms with Crippen LogP contribution in [0.3, 0.4) is 0 Å². The largest absolute Gasteiger partial charge is 0.573 e. The molecule has 0 saturated heterocycles. The Hall–Kier alpha value is -3.31. The van der Waals surface area contributed by atoms with E-state index in [1.54, 1.807) is 12.1 Å². The van der Waals surface area contributed by atoms with Gasteiger partial charge in [-0.2, -0.15) is 8.97 Å². The first kappa shape index (κ1) is 21.9. The van der Waals surface area contributed by atoms with Gasteiger partial charge in [0.2, 0.25) is 5.75 Å². The maximum Gasteiger partial charge on any atom is 0.573 e. The number of fused-ring (bicyclic) bond motifs is 1. The van der Waals surface area contributed by atoms with Gasteiger partial charge in [0.15, 0.2) is 10.0 Å². The van der Waals surface area contributed by atoms with Gasteiger partial charge < -0.3 is 14.6 Å². The van der Waals surface area contributed by atoms with E-state index in [9.17, 15) is 23.1 Å². The molecular formula is C20H14ClF3N3O4S+. The van der Waals surface area contributed by atoms with E-state index in [0.717, 1.165) is 12.1 Å². The van der Waals surface area contributed by atoms with E-state index in [1.807, 2.05) is 0 Å². The Morgan fingerprint density at radius 2 is 2.06 bits per heavy atom. The minimum Gasteiger partial charge on any atom is -0.489 e. The third-order valence-electron chi connectivity index (χ3n) is 4.51. The van der Waals surface area contributed by atoms with Crippen LogP contribution in [0.2, 0.25) is 4.47 Å². The molecule has 32 heavy (non-hydrogen) atoms. The van der Waals surface area contributed by atoms with Gasteiger partial charge in [0, 0.05) is 11.8 Å². The molecule has 0 aliphatic heterocycles. The number of ether oxygens (including phenoxy) is 2. The fraction of sp³-hybridized carbons (Fsp3) is 0.150. The number of thiazole rings is 1. The summed E-state index contributed by atoms with van der Waals surface area (Å²) in [5.41, 5.74) is -0.575. The number of pyridine rings is 1. The highest BCUT2D eigenvalue weighted by Crippen LogP contribution is 2.31. The van der Waals surface area contributed by atoms with Crippen molar-refractivity contribution >= 4 is 28.6 Å². The Kier molecular flexibility index (Phi) is 5.70. The predicted molar refractivity (Wildman–Crippen MR) is 110 cm³/mol. The Bertz CT molecular complexity index is 1370. The van der Waals surface area contributed by atoms with Crippen molar-refractivity contribution in [1.29, 1.82) is 0 Å². The van der Waals surface area contributed by atoms with E-state index in [1.165, 1.54) is 51.9 Å². The molecule has 166 valence electrons. The summed E-state index contributed by atoms with van der Waals surface area (Å²) >= 11 is 7.09. The fourth-order valence-electron chi connectivity index (χ4n) is 3.28. The standard InChI is InChI=1S/C20H13ClF3N3O4S/c1-30-14-6-3-7-26-16(14)27(10-13-9-25-19(21)32-13)18(29)15(17(26)28)11-4-2-5-12(8-11)31-20(22,23)24/h2-9H,10H2,1H3/p+1. The molecule has 0 amide bonds. The summed E-state index contributed by atoms with van der Waals surface area (Å²) in [6.45, 7) is 0.0755. The van der Waals surface area contributed by atoms with Crippen LogP contribution in [0.15, 0.2) is 53.6 Å². The Morgan fingerprint density at radius 1 is 1.28 bits per heavy atom. The van der Waals surface area contributed by atoms with Crippen molar-refractivity contribution in [3.8, 4) is 28.5 Å². The monoisotopic (exact) mass is 484 g/mol. The molecular weight excluding hydrogens is 471 g/mol. The lowest BCUT2D eigenvalue weighted by atomic mass is 10.1. The minimum absolute atomic E-state index is 0.0440. The average molecular weight is 485 g/mol. The molecule has 0 aliphatic rings. The maximum absolute atomic E-state index is 13.3. The fourth-order valence-corrected chi connectivity index (χ4v) is 4.25. The minimum atomic E-state index is -4.90. The lowest BCUT2D eigenvalue weighted by Gasteiger charge is -2.12. The Morgan fingerprint density at radius 3 is 2.72 bits per heavy atom. The molecule has 0 bridgehead atoms. The normalized spacial score (nSPS) is 11.7. The van der Waals surface area contributed by atoms with Crippen molar-refractivity contribution < 1.29 is 32.3 Å². The summed E-state index contributed by atoms with van der Waals surface area (Å²) in [6, 6.07) is 8.02. The molecule has 0 radical (unpaired) electrons. The van der Waals surface area contributed by atoms with Crippen LogP contribution in [0.1, 0.15) is 4.88 Å². The molecule has 3 aromatic heterocycles. The Labute approximate surface area is 187 Å². The van der Waals surface area contributed by atoms with Crippen molar-refractivity contribution in [3.05, 3.63) is 68.5 Å². The molecule has 12 heteroatoms. The van der Waals surface area contributed by atoms with Crippen LogP contribution in [0, 0.1) is 0 Å². The number of hydrogen-bond donors (Lipinski definition) is 1. The van der Waals surface area contributed by atoms with Gasteiger partial charge in [-0.15, -0.1) is 24.5 Å². The van der Waals surface area contributed by atoms with Crippen LogP contribution in [-0.4, -0.2) is 28.0 Å². The quantitative estimate of drug-likeness (QED) is 0.433. The number of benzene rings is 1. The summed E-state index contributed by atoms with van der Waals surface area (Å²) in [7, 11) is 1.41. The number of nitrogens with zero attached hydrogens (tertiary/aromatic N) is 3. The highest BCUT2D eigenvalue weighted by molar-refractivity contribution is 7.15. The van der Waals surface area contributed by atoms with Crippen molar-refractivity contribution in [1.82, 2.24) is 9.38 Å². The topological polar surface area (TPSA) is 76.9 Å². The van der Waals surface area contributed by atoms with E-state index < -0.39 is 23.6 Å². The molecule has 1 N–H and O–H groups in total. The van der Waals surface area contributed by atoms with Crippen LogP contribution in [0.25, 0.3) is 16.8 Å². The zero-order valence-corrected chi connectivity index (χ0v) is 17.8. The van der Waals surface area contributed by atoms with Crippen LogP contribution < -0.4 is 19.6 Å². The van der Waals surface area contributed by atoms with E-state index in [-0.39, 0.29) is 23.3 Å². The number of rotatable bonds is 5. The van der Waals surface area contributed by atoms with Crippen LogP contribution >= 0.6 is 22.9 Å². The van der Waals surface area contributed by atoms with Crippen LogP contribution in [-0.2, 0) is 6.54 Å². The van der Waals surface area contributed by atoms with Gasteiger partial charge in [0.25, 0.3) is 5.88 Å². The number of methoxy groups -OCH3 is 1. The molecule has 1 aromatic carbocycles. The van der Waals surface area contributed by atoms with Gasteiger partial charge in [-0.05, 0) is 24.3 Å². The van der Waals surface area contributed by atoms with Gasteiger partial charge >= 0.3 is 17.6 Å². The molecule has 7 nitrogen and oxygen atoms in total. The van der Waals surface area contributed by atoms with Gasteiger partial charge in [0.1, 0.15) is 18.5 Å². The molecule has 0 aliphatic carbocycles. The summed E-state index contributed by atoms with van der Waals surface area (Å²) in [4.78, 5) is 17.9. The number of alkyl halides is 3. The SMILES string of the molecule is COc1cccn2c(=O)c(-c3cccc(OC(F)(F)F)c3)c(O)[n+](Cc3cnc(Cl)s3)c12. The van der Waals surface area contributed by atoms with Gasteiger partial charge in [-0.3, -0.25) is 0 Å².